The molecule has 0 aliphatic rings. The van der Waals surface area contributed by atoms with E-state index in [9.17, 15) is 22.9 Å². The average molecular weight is 733 g/mol. The SMILES string of the molecule is Cc1cc(N=Nc2ccc(Sc3ccc(N=Nc4ccc(O)c(C(=O)O)c4)cc3)cc2)c(N)c(N=Nc2ccc(S(=O)(=O)O)c3ccccc23)c1N. The summed E-state index contributed by atoms with van der Waals surface area (Å²) in [5.41, 5.74) is 15.9. The van der Waals surface area contributed by atoms with Gasteiger partial charge in [-0.25, -0.2) is 4.79 Å². The summed E-state index contributed by atoms with van der Waals surface area (Å²) in [7, 11) is -4.46. The van der Waals surface area contributed by atoms with Crippen molar-refractivity contribution in [3.63, 3.8) is 0 Å². The third kappa shape index (κ3) is 7.94. The maximum Gasteiger partial charge on any atom is 0.339 e. The molecule has 0 aliphatic heterocycles. The van der Waals surface area contributed by atoms with Crippen LogP contribution >= 0.6 is 11.8 Å². The lowest BCUT2D eigenvalue weighted by Gasteiger charge is -2.10. The molecule has 7 N–H and O–H groups in total. The van der Waals surface area contributed by atoms with Crippen LogP contribution < -0.4 is 11.5 Å². The van der Waals surface area contributed by atoms with Crippen LogP contribution in [-0.2, 0) is 10.1 Å². The minimum absolute atomic E-state index is 0.151. The van der Waals surface area contributed by atoms with Crippen LogP contribution in [0.25, 0.3) is 10.8 Å². The first-order chi connectivity index (χ1) is 24.9. The smallest absolute Gasteiger partial charge is 0.339 e. The summed E-state index contributed by atoms with van der Waals surface area (Å²) in [4.78, 5) is 12.9. The van der Waals surface area contributed by atoms with E-state index in [-0.39, 0.29) is 33.0 Å². The van der Waals surface area contributed by atoms with Gasteiger partial charge in [0.2, 0.25) is 0 Å². The number of nitrogen functional groups attached to an aromatic ring is 2. The fourth-order valence-electron chi connectivity index (χ4n) is 4.96. The summed E-state index contributed by atoms with van der Waals surface area (Å²) >= 11 is 1.52. The van der Waals surface area contributed by atoms with Crippen LogP contribution in [0.2, 0.25) is 0 Å². The number of hydrogen-bond donors (Lipinski definition) is 5. The van der Waals surface area contributed by atoms with E-state index in [1.54, 1.807) is 61.5 Å². The molecule has 0 saturated carbocycles. The number of carbonyl (C=O) groups is 1. The van der Waals surface area contributed by atoms with Gasteiger partial charge in [0.25, 0.3) is 10.1 Å². The van der Waals surface area contributed by atoms with E-state index in [1.807, 2.05) is 24.3 Å². The Kier molecular flexibility index (Phi) is 10.0. The normalized spacial score (nSPS) is 12.0. The molecular weight excluding hydrogens is 705 g/mol. The summed E-state index contributed by atoms with van der Waals surface area (Å²) < 4.78 is 33.4. The van der Waals surface area contributed by atoms with Crippen molar-refractivity contribution in [2.24, 2.45) is 30.7 Å². The van der Waals surface area contributed by atoms with Gasteiger partial charge in [-0.1, -0.05) is 36.0 Å². The molecule has 0 aliphatic carbocycles. The van der Waals surface area contributed by atoms with Gasteiger partial charge in [0.1, 0.15) is 27.6 Å². The molecule has 260 valence electrons. The molecule has 0 atom stereocenters. The first-order valence-corrected chi connectivity index (χ1v) is 17.5. The molecule has 0 bridgehead atoms. The molecule has 52 heavy (non-hydrogen) atoms. The number of aromatic hydroxyl groups is 1. The maximum atomic E-state index is 11.9. The Labute approximate surface area is 301 Å². The number of carboxylic acid groups (broad SMARTS) is 1. The summed E-state index contributed by atoms with van der Waals surface area (Å²) in [6.07, 6.45) is 0. The number of carboxylic acids is 1. The molecule has 14 nitrogen and oxygen atoms in total. The Morgan fingerprint density at radius 2 is 1.21 bits per heavy atom. The molecule has 6 aromatic carbocycles. The summed E-state index contributed by atoms with van der Waals surface area (Å²) in [6.45, 7) is 1.77. The molecule has 0 amide bonds. The molecule has 0 spiro atoms. The van der Waals surface area contributed by atoms with Crippen molar-refractivity contribution in [3.8, 4) is 5.75 Å². The second-order valence-electron chi connectivity index (χ2n) is 11.2. The Morgan fingerprint density at radius 1 is 0.654 bits per heavy atom. The van der Waals surface area contributed by atoms with E-state index in [4.69, 9.17) is 16.6 Å². The van der Waals surface area contributed by atoms with Crippen molar-refractivity contribution in [3.05, 3.63) is 120 Å². The monoisotopic (exact) mass is 732 g/mol. The highest BCUT2D eigenvalue weighted by Gasteiger charge is 2.17. The zero-order chi connectivity index (χ0) is 37.0. The van der Waals surface area contributed by atoms with Gasteiger partial charge < -0.3 is 21.7 Å². The minimum atomic E-state index is -4.46. The minimum Gasteiger partial charge on any atom is -0.507 e. The average Bonchev–Trinajstić information content (AvgIpc) is 3.12. The van der Waals surface area contributed by atoms with Crippen molar-refractivity contribution in [1.29, 1.82) is 0 Å². The van der Waals surface area contributed by atoms with Gasteiger partial charge >= 0.3 is 5.97 Å². The first kappa shape index (κ1) is 35.3. The van der Waals surface area contributed by atoms with Gasteiger partial charge in [-0.05, 0) is 97.4 Å². The summed E-state index contributed by atoms with van der Waals surface area (Å²) in [5.74, 6) is -1.60. The topological polar surface area (TPSA) is 238 Å². The fourth-order valence-corrected chi connectivity index (χ4v) is 6.47. The first-order valence-electron chi connectivity index (χ1n) is 15.2. The van der Waals surface area contributed by atoms with Gasteiger partial charge in [0.15, 0.2) is 0 Å². The number of aromatic carboxylic acids is 1. The van der Waals surface area contributed by atoms with E-state index in [2.05, 4.69) is 30.7 Å². The lowest BCUT2D eigenvalue weighted by atomic mass is 10.1. The number of phenols is 1. The third-order valence-corrected chi connectivity index (χ3v) is 9.56. The van der Waals surface area contributed by atoms with Crippen LogP contribution in [0.4, 0.5) is 45.5 Å². The molecule has 0 unspecified atom stereocenters. The molecule has 0 fully saturated rings. The highest BCUT2D eigenvalue weighted by Crippen LogP contribution is 2.42. The van der Waals surface area contributed by atoms with E-state index in [0.29, 0.717) is 45.1 Å². The molecule has 6 aromatic rings. The van der Waals surface area contributed by atoms with Crippen LogP contribution in [0.15, 0.2) is 155 Å². The van der Waals surface area contributed by atoms with Crippen molar-refractivity contribution in [2.45, 2.75) is 21.6 Å². The highest BCUT2D eigenvalue weighted by atomic mass is 32.2. The van der Waals surface area contributed by atoms with E-state index < -0.39 is 16.1 Å². The van der Waals surface area contributed by atoms with E-state index in [1.165, 1.54) is 42.1 Å². The second kappa shape index (κ2) is 14.8. The number of anilines is 2. The van der Waals surface area contributed by atoms with Gasteiger partial charge in [-0.2, -0.15) is 23.8 Å². The summed E-state index contributed by atoms with van der Waals surface area (Å²) in [5, 5.41) is 45.1. The molecule has 6 rings (SSSR count). The predicted octanol–water partition coefficient (Wildman–Crippen LogP) is 10.4. The Bertz CT molecular complexity index is 2540. The standard InChI is InChI=1S/C36H28N8O6S2/c1-20-18-30(34(38)35(33(20)37)44-42-29-15-17-32(52(48,49)50)27-5-3-2-4-26(27)29)43-40-22-8-13-25(14-9-22)51-24-11-6-21(7-12-24)39-41-23-10-16-31(45)28(19-23)36(46)47/h2-19,45H,37-38H2,1H3,(H,46,47)(H,48,49,50). The van der Waals surface area contributed by atoms with Gasteiger partial charge in [0.05, 0.1) is 34.1 Å². The van der Waals surface area contributed by atoms with Gasteiger partial charge in [0, 0.05) is 20.6 Å². The highest BCUT2D eigenvalue weighted by molar-refractivity contribution is 7.99. The Hall–Kier alpha value is -6.49. The predicted molar refractivity (Wildman–Crippen MR) is 198 cm³/mol. The Balaban J connectivity index is 1.15. The quantitative estimate of drug-likeness (QED) is 0.0510. The largest absolute Gasteiger partial charge is 0.507 e. The molecule has 0 saturated heterocycles. The number of hydrogen-bond acceptors (Lipinski definition) is 13. The van der Waals surface area contributed by atoms with Crippen LogP contribution in [0.3, 0.4) is 0 Å². The van der Waals surface area contributed by atoms with E-state index in [0.717, 1.165) is 9.79 Å². The van der Waals surface area contributed by atoms with E-state index >= 15 is 0 Å². The lowest BCUT2D eigenvalue weighted by molar-refractivity contribution is 0.0693. The Morgan fingerprint density at radius 3 is 1.83 bits per heavy atom. The summed E-state index contributed by atoms with van der Waals surface area (Å²) in [6, 6.07) is 29.7. The van der Waals surface area contributed by atoms with Gasteiger partial charge in [-0.15, -0.1) is 15.3 Å². The molecular formula is C36H28N8O6S2. The third-order valence-electron chi connectivity index (χ3n) is 7.63. The number of fused-ring (bicyclic) bond motifs is 1. The fraction of sp³-hybridized carbons (Fsp3) is 0.0278. The van der Waals surface area contributed by atoms with Crippen molar-refractivity contribution < 1.29 is 28.0 Å². The number of nitrogens with two attached hydrogens (primary N) is 2. The zero-order valence-electron chi connectivity index (χ0n) is 27.1. The number of rotatable bonds is 10. The van der Waals surface area contributed by atoms with Crippen molar-refractivity contribution in [1.82, 2.24) is 0 Å². The molecule has 0 aromatic heterocycles. The lowest BCUT2D eigenvalue weighted by Crippen LogP contribution is -1.98. The molecule has 16 heteroatoms. The molecule has 0 heterocycles. The van der Waals surface area contributed by atoms with Gasteiger partial charge in [-0.3, -0.25) is 4.55 Å². The van der Waals surface area contributed by atoms with Crippen molar-refractivity contribution in [2.75, 3.05) is 11.5 Å². The zero-order valence-corrected chi connectivity index (χ0v) is 28.7. The van der Waals surface area contributed by atoms with Crippen LogP contribution in [0.5, 0.6) is 5.75 Å². The number of azo groups is 3. The van der Waals surface area contributed by atoms with Crippen LogP contribution in [0, 0.1) is 6.92 Å². The number of aryl methyl sites for hydroxylation is 1. The number of benzene rings is 6. The maximum absolute atomic E-state index is 11.9. The van der Waals surface area contributed by atoms with Crippen LogP contribution in [0.1, 0.15) is 15.9 Å². The van der Waals surface area contributed by atoms with Crippen molar-refractivity contribution >= 4 is 84.1 Å². The second-order valence-corrected chi connectivity index (χ2v) is 13.7. The van der Waals surface area contributed by atoms with Crippen LogP contribution in [-0.4, -0.2) is 29.2 Å². The molecule has 0 radical (unpaired) electrons. The number of nitrogens with zero attached hydrogens (tertiary/aromatic N) is 6.